The van der Waals surface area contributed by atoms with Crippen LogP contribution in [0.25, 0.3) is 6.08 Å². The van der Waals surface area contributed by atoms with Gasteiger partial charge in [-0.15, -0.1) is 0 Å². The third-order valence-corrected chi connectivity index (χ3v) is 4.68. The molecule has 0 N–H and O–H groups in total. The fraction of sp³-hybridized carbons (Fsp3) is 0.400. The number of benzene rings is 1. The Hall–Kier alpha value is -2.01. The van der Waals surface area contributed by atoms with Crippen molar-refractivity contribution >= 4 is 34.6 Å². The molecular formula is C20H27N3OS. The van der Waals surface area contributed by atoms with E-state index < -0.39 is 0 Å². The predicted octanol–water partition coefficient (Wildman–Crippen LogP) is 4.40. The highest BCUT2D eigenvalue weighted by Gasteiger charge is 2.34. The normalized spacial score (nSPS) is 18.6. The predicted molar refractivity (Wildman–Crippen MR) is 110 cm³/mol. The van der Waals surface area contributed by atoms with Gasteiger partial charge in [0.15, 0.2) is 5.17 Å². The lowest BCUT2D eigenvalue weighted by Gasteiger charge is -2.20. The summed E-state index contributed by atoms with van der Waals surface area (Å²) in [6, 6.07) is 8.57. The maximum absolute atomic E-state index is 12.6. The molecule has 1 aliphatic heterocycles. The molecule has 5 heteroatoms. The van der Waals surface area contributed by atoms with Crippen molar-refractivity contribution in [2.75, 3.05) is 19.0 Å². The van der Waals surface area contributed by atoms with E-state index in [2.05, 4.69) is 34.2 Å². The Kier molecular flexibility index (Phi) is 6.48. The van der Waals surface area contributed by atoms with E-state index in [1.54, 1.807) is 4.90 Å². The van der Waals surface area contributed by atoms with Crippen LogP contribution in [-0.2, 0) is 4.79 Å². The van der Waals surface area contributed by atoms with Gasteiger partial charge < -0.3 is 4.90 Å². The van der Waals surface area contributed by atoms with Gasteiger partial charge in [-0.25, -0.2) is 0 Å². The van der Waals surface area contributed by atoms with Crippen molar-refractivity contribution in [3.05, 3.63) is 46.9 Å². The summed E-state index contributed by atoms with van der Waals surface area (Å²) in [4.78, 5) is 21.8. The number of amidine groups is 1. The van der Waals surface area contributed by atoms with Gasteiger partial charge in [0.2, 0.25) is 0 Å². The monoisotopic (exact) mass is 357 g/mol. The number of anilines is 1. The molecular weight excluding hydrogens is 330 g/mol. The van der Waals surface area contributed by atoms with Crippen LogP contribution in [0.15, 0.2) is 46.3 Å². The average molecular weight is 358 g/mol. The molecule has 1 aromatic rings. The summed E-state index contributed by atoms with van der Waals surface area (Å²) in [6.45, 7) is 8.07. The van der Waals surface area contributed by atoms with Crippen molar-refractivity contribution < 1.29 is 4.79 Å². The Labute approximate surface area is 155 Å². The van der Waals surface area contributed by atoms with E-state index >= 15 is 0 Å². The minimum atomic E-state index is 0.0343. The number of thioether (sulfide) groups is 1. The number of hydrogen-bond acceptors (Lipinski definition) is 4. The number of aliphatic imine (C=N–C) groups is 1. The summed E-state index contributed by atoms with van der Waals surface area (Å²) < 4.78 is 0. The van der Waals surface area contributed by atoms with Gasteiger partial charge in [0.25, 0.3) is 5.91 Å². The van der Waals surface area contributed by atoms with Crippen LogP contribution >= 0.6 is 11.8 Å². The first-order chi connectivity index (χ1) is 11.8. The number of allylic oxidation sites excluding steroid dienone is 2. The molecule has 2 rings (SSSR count). The fourth-order valence-corrected chi connectivity index (χ4v) is 3.58. The highest BCUT2D eigenvalue weighted by molar-refractivity contribution is 8.18. The number of carbonyl (C=O) groups excluding carboxylic acids is 1. The maximum Gasteiger partial charge on any atom is 0.266 e. The second kappa shape index (κ2) is 8.39. The summed E-state index contributed by atoms with van der Waals surface area (Å²) in [5.74, 6) is 0.0343. The van der Waals surface area contributed by atoms with E-state index in [1.807, 2.05) is 60.0 Å². The molecule has 1 heterocycles. The van der Waals surface area contributed by atoms with Crippen LogP contribution in [0.1, 0.15) is 33.3 Å². The largest absolute Gasteiger partial charge is 0.378 e. The van der Waals surface area contributed by atoms with Crippen molar-refractivity contribution in [3.63, 3.8) is 0 Å². The Morgan fingerprint density at radius 1 is 1.12 bits per heavy atom. The molecule has 1 fully saturated rings. The van der Waals surface area contributed by atoms with Crippen molar-refractivity contribution in [1.82, 2.24) is 4.90 Å². The third kappa shape index (κ3) is 4.98. The van der Waals surface area contributed by atoms with E-state index in [0.29, 0.717) is 4.91 Å². The van der Waals surface area contributed by atoms with E-state index in [0.717, 1.165) is 10.7 Å². The van der Waals surface area contributed by atoms with Crippen molar-refractivity contribution in [2.24, 2.45) is 4.99 Å². The van der Waals surface area contributed by atoms with Crippen LogP contribution in [-0.4, -0.2) is 42.2 Å². The highest BCUT2D eigenvalue weighted by atomic mass is 32.2. The van der Waals surface area contributed by atoms with Gasteiger partial charge in [-0.2, -0.15) is 0 Å². The van der Waals surface area contributed by atoms with Gasteiger partial charge in [-0.1, -0.05) is 24.3 Å². The van der Waals surface area contributed by atoms with Crippen LogP contribution in [0, 0.1) is 0 Å². The zero-order chi connectivity index (χ0) is 18.6. The number of amides is 1. The first kappa shape index (κ1) is 19.3. The van der Waals surface area contributed by atoms with Gasteiger partial charge in [-0.3, -0.25) is 14.7 Å². The molecule has 0 radical (unpaired) electrons. The molecule has 0 saturated carbocycles. The Morgan fingerprint density at radius 3 is 2.28 bits per heavy atom. The SMILES string of the molecule is CC(C)N=C1S/C(=C/C=C/c2ccc(N(C)C)cc2)C(=O)N1C(C)C. The first-order valence-corrected chi connectivity index (χ1v) is 9.36. The first-order valence-electron chi connectivity index (χ1n) is 8.54. The molecule has 1 aromatic carbocycles. The summed E-state index contributed by atoms with van der Waals surface area (Å²) in [7, 11) is 4.05. The van der Waals surface area contributed by atoms with Crippen molar-refractivity contribution in [3.8, 4) is 0 Å². The molecule has 0 unspecified atom stereocenters. The Morgan fingerprint density at radius 2 is 1.76 bits per heavy atom. The van der Waals surface area contributed by atoms with Crippen LogP contribution in [0.3, 0.4) is 0 Å². The van der Waals surface area contributed by atoms with Gasteiger partial charge in [0.05, 0.1) is 4.91 Å². The molecule has 4 nitrogen and oxygen atoms in total. The minimum absolute atomic E-state index is 0.0343. The number of carbonyl (C=O) groups is 1. The molecule has 1 saturated heterocycles. The van der Waals surface area contributed by atoms with Gasteiger partial charge in [-0.05, 0) is 63.2 Å². The number of rotatable bonds is 5. The molecule has 0 spiro atoms. The molecule has 1 amide bonds. The molecule has 0 aliphatic carbocycles. The van der Waals surface area contributed by atoms with Crippen LogP contribution < -0.4 is 4.90 Å². The molecule has 1 aliphatic rings. The lowest BCUT2D eigenvalue weighted by molar-refractivity contribution is -0.123. The molecule has 0 bridgehead atoms. The Bertz CT molecular complexity index is 700. The van der Waals surface area contributed by atoms with Crippen molar-refractivity contribution in [1.29, 1.82) is 0 Å². The number of hydrogen-bond donors (Lipinski definition) is 0. The summed E-state index contributed by atoms with van der Waals surface area (Å²) in [5.41, 5.74) is 2.27. The Balaban J connectivity index is 2.16. The third-order valence-electron chi connectivity index (χ3n) is 3.67. The van der Waals surface area contributed by atoms with E-state index in [-0.39, 0.29) is 18.0 Å². The van der Waals surface area contributed by atoms with E-state index in [1.165, 1.54) is 17.4 Å². The van der Waals surface area contributed by atoms with Gasteiger partial charge in [0, 0.05) is 31.9 Å². The lowest BCUT2D eigenvalue weighted by Crippen LogP contribution is -2.35. The number of nitrogens with zero attached hydrogens (tertiary/aromatic N) is 3. The molecule has 25 heavy (non-hydrogen) atoms. The molecule has 0 atom stereocenters. The molecule has 134 valence electrons. The van der Waals surface area contributed by atoms with Crippen LogP contribution in [0.4, 0.5) is 5.69 Å². The average Bonchev–Trinajstić information content (AvgIpc) is 2.83. The zero-order valence-electron chi connectivity index (χ0n) is 15.9. The fourth-order valence-electron chi connectivity index (χ4n) is 2.40. The zero-order valence-corrected chi connectivity index (χ0v) is 16.7. The van der Waals surface area contributed by atoms with Gasteiger partial charge in [0.1, 0.15) is 0 Å². The van der Waals surface area contributed by atoms with Gasteiger partial charge >= 0.3 is 0 Å². The van der Waals surface area contributed by atoms with Crippen molar-refractivity contribution in [2.45, 2.75) is 39.8 Å². The maximum atomic E-state index is 12.6. The van der Waals surface area contributed by atoms with Crippen LogP contribution in [0.5, 0.6) is 0 Å². The minimum Gasteiger partial charge on any atom is -0.378 e. The topological polar surface area (TPSA) is 35.9 Å². The quantitative estimate of drug-likeness (QED) is 0.733. The standard InChI is InChI=1S/C20H27N3OS/c1-14(2)21-20-23(15(3)4)19(24)18(25-20)9-7-8-16-10-12-17(13-11-16)22(5)6/h7-15H,1-6H3/b8-7+,18-9+,21-20?. The smallest absolute Gasteiger partial charge is 0.266 e. The highest BCUT2D eigenvalue weighted by Crippen LogP contribution is 2.32. The van der Waals surface area contributed by atoms with Crippen LogP contribution in [0.2, 0.25) is 0 Å². The lowest BCUT2D eigenvalue weighted by atomic mass is 10.2. The molecule has 0 aromatic heterocycles. The summed E-state index contributed by atoms with van der Waals surface area (Å²) in [6.07, 6.45) is 5.82. The summed E-state index contributed by atoms with van der Waals surface area (Å²) in [5, 5.41) is 0.796. The van der Waals surface area contributed by atoms with E-state index in [9.17, 15) is 4.79 Å². The summed E-state index contributed by atoms with van der Waals surface area (Å²) >= 11 is 1.45. The van der Waals surface area contributed by atoms with E-state index in [4.69, 9.17) is 0 Å². The second-order valence-electron chi connectivity index (χ2n) is 6.75. The second-order valence-corrected chi connectivity index (χ2v) is 7.76.